The van der Waals surface area contributed by atoms with E-state index in [0.717, 1.165) is 11.5 Å². The predicted octanol–water partition coefficient (Wildman–Crippen LogP) is 2.49. The lowest BCUT2D eigenvalue weighted by atomic mass is 10.2. The van der Waals surface area contributed by atoms with Crippen molar-refractivity contribution in [3.8, 4) is 5.82 Å². The third-order valence-corrected chi connectivity index (χ3v) is 1.95. The van der Waals surface area contributed by atoms with Crippen molar-refractivity contribution in [1.29, 1.82) is 0 Å². The van der Waals surface area contributed by atoms with Gasteiger partial charge in [-0.15, -0.1) is 0 Å². The van der Waals surface area contributed by atoms with Crippen molar-refractivity contribution >= 4 is 0 Å². The van der Waals surface area contributed by atoms with E-state index in [0.29, 0.717) is 0 Å². The average Bonchev–Trinajstić information content (AvgIpc) is 2.53. The summed E-state index contributed by atoms with van der Waals surface area (Å²) in [5.41, 5.74) is 2.31. The van der Waals surface area contributed by atoms with Gasteiger partial charge in [0.25, 0.3) is 0 Å². The number of rotatable bonds is 1. The van der Waals surface area contributed by atoms with E-state index in [4.69, 9.17) is 0 Å². The number of nitrogens with zero attached hydrogens (tertiary/aromatic N) is 2. The van der Waals surface area contributed by atoms with Crippen LogP contribution in [0, 0.1) is 13.8 Å². The zero-order valence-electron chi connectivity index (χ0n) is 7.86. The van der Waals surface area contributed by atoms with Gasteiger partial charge in [0.05, 0.1) is 0 Å². The van der Waals surface area contributed by atoms with Crippen LogP contribution in [0.3, 0.4) is 0 Å². The fourth-order valence-corrected chi connectivity index (χ4v) is 1.44. The van der Waals surface area contributed by atoms with Crippen LogP contribution in [-0.2, 0) is 0 Å². The Balaban J connectivity index is 2.53. The summed E-state index contributed by atoms with van der Waals surface area (Å²) in [6.45, 7) is 4.10. The van der Waals surface area contributed by atoms with E-state index in [2.05, 4.69) is 24.0 Å². The molecule has 0 aliphatic rings. The summed E-state index contributed by atoms with van der Waals surface area (Å²) < 4.78 is 2.01. The Morgan fingerprint density at radius 2 is 1.77 bits per heavy atom. The second-order valence-electron chi connectivity index (χ2n) is 3.23. The quantitative estimate of drug-likeness (QED) is 0.646. The van der Waals surface area contributed by atoms with Crippen molar-refractivity contribution in [2.24, 2.45) is 0 Å². The molecule has 0 fully saturated rings. The molecule has 13 heavy (non-hydrogen) atoms. The molecule has 2 aromatic rings. The van der Waals surface area contributed by atoms with E-state index in [1.54, 1.807) is 0 Å². The number of aromatic nitrogens is 2. The van der Waals surface area contributed by atoms with Gasteiger partial charge in [-0.3, -0.25) is 0 Å². The molecule has 0 amide bonds. The number of hydrogen-bond acceptors (Lipinski definition) is 1. The lowest BCUT2D eigenvalue weighted by Crippen LogP contribution is -1.96. The molecule has 0 radical (unpaired) electrons. The van der Waals surface area contributed by atoms with Crippen molar-refractivity contribution in [3.05, 3.63) is 47.9 Å². The molecule has 2 rings (SSSR count). The maximum atomic E-state index is 4.44. The zero-order chi connectivity index (χ0) is 9.26. The summed E-state index contributed by atoms with van der Waals surface area (Å²) in [6.07, 6.45) is 4.00. The van der Waals surface area contributed by atoms with Gasteiger partial charge in [-0.2, -0.15) is 0 Å². The molecule has 0 saturated carbocycles. The highest BCUT2D eigenvalue weighted by Crippen LogP contribution is 2.09. The largest absolute Gasteiger partial charge is 0.309 e. The van der Waals surface area contributed by atoms with Crippen LogP contribution in [0.1, 0.15) is 11.3 Å². The van der Waals surface area contributed by atoms with Gasteiger partial charge in [0.15, 0.2) is 0 Å². The van der Waals surface area contributed by atoms with Crippen molar-refractivity contribution in [1.82, 2.24) is 9.55 Å². The molecule has 0 unspecified atom stereocenters. The van der Waals surface area contributed by atoms with Crippen LogP contribution >= 0.6 is 0 Å². The van der Waals surface area contributed by atoms with Gasteiger partial charge >= 0.3 is 0 Å². The molecule has 0 aliphatic carbocycles. The Morgan fingerprint density at radius 3 is 2.38 bits per heavy atom. The second-order valence-corrected chi connectivity index (χ2v) is 3.23. The Labute approximate surface area is 77.9 Å². The molecule has 2 heterocycles. The topological polar surface area (TPSA) is 17.8 Å². The van der Waals surface area contributed by atoms with Crippen LogP contribution in [0.15, 0.2) is 36.7 Å². The molecule has 66 valence electrons. The Kier molecular flexibility index (Phi) is 1.89. The third kappa shape index (κ3) is 1.61. The highest BCUT2D eigenvalue weighted by molar-refractivity contribution is 5.30. The normalized spacial score (nSPS) is 10.3. The number of hydrogen-bond donors (Lipinski definition) is 0. The standard InChI is InChI=1S/C11H12N2/c1-9-7-10(2)12-11(8-9)13-5-3-4-6-13/h3-8H,1-2H3. The van der Waals surface area contributed by atoms with E-state index in [-0.39, 0.29) is 0 Å². The summed E-state index contributed by atoms with van der Waals surface area (Å²) in [5.74, 6) is 0.988. The highest BCUT2D eigenvalue weighted by atomic mass is 15.0. The first-order valence-corrected chi connectivity index (χ1v) is 4.34. The third-order valence-electron chi connectivity index (χ3n) is 1.95. The van der Waals surface area contributed by atoms with Crippen LogP contribution < -0.4 is 0 Å². The van der Waals surface area contributed by atoms with Gasteiger partial charge < -0.3 is 4.57 Å². The first-order chi connectivity index (χ1) is 6.25. The van der Waals surface area contributed by atoms with E-state index in [1.165, 1.54) is 5.56 Å². The summed E-state index contributed by atoms with van der Waals surface area (Å²) in [4.78, 5) is 4.44. The van der Waals surface area contributed by atoms with E-state index in [1.807, 2.05) is 36.0 Å². The van der Waals surface area contributed by atoms with Gasteiger partial charge in [-0.05, 0) is 43.7 Å². The molecule has 0 bridgehead atoms. The summed E-state index contributed by atoms with van der Waals surface area (Å²) in [7, 11) is 0. The lowest BCUT2D eigenvalue weighted by Gasteiger charge is -2.04. The van der Waals surface area contributed by atoms with Gasteiger partial charge in [-0.1, -0.05) is 0 Å². The van der Waals surface area contributed by atoms with E-state index >= 15 is 0 Å². The predicted molar refractivity (Wildman–Crippen MR) is 53.0 cm³/mol. The van der Waals surface area contributed by atoms with E-state index in [9.17, 15) is 0 Å². The monoisotopic (exact) mass is 172 g/mol. The molecule has 0 spiro atoms. The molecule has 0 atom stereocenters. The van der Waals surface area contributed by atoms with E-state index < -0.39 is 0 Å². The number of pyridine rings is 1. The van der Waals surface area contributed by atoms with Gasteiger partial charge in [0.2, 0.25) is 0 Å². The summed E-state index contributed by atoms with van der Waals surface area (Å²) >= 11 is 0. The first-order valence-electron chi connectivity index (χ1n) is 4.34. The zero-order valence-corrected chi connectivity index (χ0v) is 7.86. The maximum absolute atomic E-state index is 4.44. The van der Waals surface area contributed by atoms with Crippen LogP contribution in [0.25, 0.3) is 5.82 Å². The van der Waals surface area contributed by atoms with Crippen LogP contribution in [0.2, 0.25) is 0 Å². The fraction of sp³-hybridized carbons (Fsp3) is 0.182. The van der Waals surface area contributed by atoms with Crippen molar-refractivity contribution < 1.29 is 0 Å². The summed E-state index contributed by atoms with van der Waals surface area (Å²) in [6, 6.07) is 8.15. The van der Waals surface area contributed by atoms with Gasteiger partial charge in [-0.25, -0.2) is 4.98 Å². The van der Waals surface area contributed by atoms with Crippen LogP contribution in [0.5, 0.6) is 0 Å². The molecular weight excluding hydrogens is 160 g/mol. The number of aryl methyl sites for hydroxylation is 2. The minimum Gasteiger partial charge on any atom is -0.309 e. The Morgan fingerprint density at radius 1 is 1.08 bits per heavy atom. The lowest BCUT2D eigenvalue weighted by molar-refractivity contribution is 0.982. The Hall–Kier alpha value is -1.57. The molecule has 0 saturated heterocycles. The molecule has 0 aromatic carbocycles. The smallest absolute Gasteiger partial charge is 0.137 e. The SMILES string of the molecule is Cc1cc(C)nc(-n2cccc2)c1. The summed E-state index contributed by atoms with van der Waals surface area (Å²) in [5, 5.41) is 0. The second kappa shape index (κ2) is 3.05. The first kappa shape index (κ1) is 8.05. The molecule has 2 nitrogen and oxygen atoms in total. The van der Waals surface area contributed by atoms with Crippen molar-refractivity contribution in [2.45, 2.75) is 13.8 Å². The van der Waals surface area contributed by atoms with Crippen molar-refractivity contribution in [3.63, 3.8) is 0 Å². The Bertz CT molecular complexity index is 382. The average molecular weight is 172 g/mol. The molecule has 0 aliphatic heterocycles. The maximum Gasteiger partial charge on any atom is 0.137 e. The molecule has 0 N–H and O–H groups in total. The van der Waals surface area contributed by atoms with Crippen LogP contribution in [-0.4, -0.2) is 9.55 Å². The minimum absolute atomic E-state index is 0.988. The minimum atomic E-state index is 0.988. The molecule has 2 aromatic heterocycles. The fourth-order valence-electron chi connectivity index (χ4n) is 1.44. The molecule has 2 heteroatoms. The molecular formula is C11H12N2. The van der Waals surface area contributed by atoms with Gasteiger partial charge in [0, 0.05) is 18.1 Å². The van der Waals surface area contributed by atoms with Gasteiger partial charge in [0.1, 0.15) is 5.82 Å². The highest BCUT2D eigenvalue weighted by Gasteiger charge is 1.97. The van der Waals surface area contributed by atoms with Crippen LogP contribution in [0.4, 0.5) is 0 Å². The van der Waals surface area contributed by atoms with Crippen molar-refractivity contribution in [2.75, 3.05) is 0 Å².